The summed E-state index contributed by atoms with van der Waals surface area (Å²) in [5, 5.41) is 9.43. The first-order valence-electron chi connectivity index (χ1n) is 9.76. The molecular weight excluding hydrogens is 429 g/mol. The number of thiazole rings is 1. The summed E-state index contributed by atoms with van der Waals surface area (Å²) in [5.74, 6) is 0.637. The number of amides is 1. The highest BCUT2D eigenvalue weighted by molar-refractivity contribution is 7.15. The Morgan fingerprint density at radius 1 is 0.969 bits per heavy atom. The van der Waals surface area contributed by atoms with Gasteiger partial charge in [-0.15, -0.1) is 11.3 Å². The van der Waals surface area contributed by atoms with Crippen LogP contribution < -0.4 is 16.0 Å². The van der Waals surface area contributed by atoms with Crippen LogP contribution in [0.5, 0.6) is 0 Å². The van der Waals surface area contributed by atoms with Crippen molar-refractivity contribution in [3.63, 3.8) is 0 Å². The molecule has 0 saturated heterocycles. The molecule has 0 bridgehead atoms. The number of nitrogens with zero attached hydrogens (tertiary/aromatic N) is 4. The van der Waals surface area contributed by atoms with E-state index in [1.165, 1.54) is 23.5 Å². The average molecular weight is 450 g/mol. The molecule has 2 aromatic heterocycles. The molecule has 0 aliphatic heterocycles. The van der Waals surface area contributed by atoms with E-state index in [1.807, 2.05) is 31.2 Å². The van der Waals surface area contributed by atoms with Gasteiger partial charge in [0.1, 0.15) is 11.6 Å². The zero-order valence-electron chi connectivity index (χ0n) is 17.4. The Kier molecular flexibility index (Phi) is 6.31. The van der Waals surface area contributed by atoms with Crippen molar-refractivity contribution in [1.82, 2.24) is 19.9 Å². The molecule has 8 nitrogen and oxygen atoms in total. The highest BCUT2D eigenvalue weighted by Crippen LogP contribution is 2.23. The third-order valence-corrected chi connectivity index (χ3v) is 5.18. The molecule has 1 amide bonds. The second-order valence-electron chi connectivity index (χ2n) is 7.01. The van der Waals surface area contributed by atoms with Gasteiger partial charge in [0, 0.05) is 22.4 Å². The van der Waals surface area contributed by atoms with Gasteiger partial charge in [0.15, 0.2) is 5.13 Å². The standard InChI is InChI=1S/C22H20FN7OS/c1-13-6-8-16(9-7-13)28-20-25-14(2)26-21(29-20)30-22-24-12-18(32-22)11-19(31)27-17-5-3-4-15(23)10-17/h3-10,12H,11H2,1-2H3,(H,27,31)(H2,24,25,26,28,29,30). The largest absolute Gasteiger partial charge is 0.326 e. The number of carbonyl (C=O) groups is 1. The number of anilines is 5. The van der Waals surface area contributed by atoms with Crippen LogP contribution in [-0.4, -0.2) is 25.8 Å². The van der Waals surface area contributed by atoms with Gasteiger partial charge in [0.05, 0.1) is 6.42 Å². The zero-order valence-corrected chi connectivity index (χ0v) is 18.2. The second-order valence-corrected chi connectivity index (χ2v) is 8.13. The zero-order chi connectivity index (χ0) is 22.5. The number of nitrogens with one attached hydrogen (secondary N) is 3. The van der Waals surface area contributed by atoms with Crippen LogP contribution in [0.1, 0.15) is 16.3 Å². The molecule has 0 spiro atoms. The maximum Gasteiger partial charge on any atom is 0.234 e. The minimum absolute atomic E-state index is 0.117. The van der Waals surface area contributed by atoms with Crippen LogP contribution in [0.3, 0.4) is 0 Å². The van der Waals surface area contributed by atoms with Crippen molar-refractivity contribution < 1.29 is 9.18 Å². The van der Waals surface area contributed by atoms with Gasteiger partial charge in [-0.05, 0) is 44.2 Å². The topological polar surface area (TPSA) is 105 Å². The smallest absolute Gasteiger partial charge is 0.234 e. The first-order valence-corrected chi connectivity index (χ1v) is 10.6. The molecule has 0 saturated carbocycles. The Balaban J connectivity index is 1.40. The first-order chi connectivity index (χ1) is 15.4. The molecule has 10 heteroatoms. The number of hydrogen-bond donors (Lipinski definition) is 3. The lowest BCUT2D eigenvalue weighted by molar-refractivity contribution is -0.115. The molecule has 0 atom stereocenters. The van der Waals surface area contributed by atoms with Gasteiger partial charge < -0.3 is 10.6 Å². The fourth-order valence-corrected chi connectivity index (χ4v) is 3.64. The number of halogens is 1. The van der Waals surface area contributed by atoms with Crippen molar-refractivity contribution in [2.75, 3.05) is 16.0 Å². The molecule has 32 heavy (non-hydrogen) atoms. The van der Waals surface area contributed by atoms with Gasteiger partial charge in [-0.25, -0.2) is 9.37 Å². The number of benzene rings is 2. The van der Waals surface area contributed by atoms with Crippen molar-refractivity contribution in [3.8, 4) is 0 Å². The summed E-state index contributed by atoms with van der Waals surface area (Å²) in [4.78, 5) is 30.3. The Bertz CT molecular complexity index is 1240. The van der Waals surface area contributed by atoms with E-state index in [0.29, 0.717) is 28.5 Å². The molecule has 3 N–H and O–H groups in total. The molecule has 162 valence electrons. The monoisotopic (exact) mass is 449 g/mol. The molecule has 4 aromatic rings. The molecule has 2 heterocycles. The van der Waals surface area contributed by atoms with Gasteiger partial charge in [-0.3, -0.25) is 10.1 Å². The number of aromatic nitrogens is 4. The van der Waals surface area contributed by atoms with Gasteiger partial charge >= 0.3 is 0 Å². The van der Waals surface area contributed by atoms with Crippen LogP contribution in [0.2, 0.25) is 0 Å². The summed E-state index contributed by atoms with van der Waals surface area (Å²) in [6, 6.07) is 13.6. The van der Waals surface area contributed by atoms with Crippen molar-refractivity contribution in [3.05, 3.63) is 76.8 Å². The normalized spacial score (nSPS) is 10.6. The number of aryl methyl sites for hydroxylation is 2. The summed E-state index contributed by atoms with van der Waals surface area (Å²) in [6.45, 7) is 3.80. The van der Waals surface area contributed by atoms with Crippen LogP contribution in [0, 0.1) is 19.7 Å². The van der Waals surface area contributed by atoms with Crippen molar-refractivity contribution in [1.29, 1.82) is 0 Å². The molecular formula is C22H20FN7OS. The predicted octanol–water partition coefficient (Wildman–Crippen LogP) is 4.75. The summed E-state index contributed by atoms with van der Waals surface area (Å²) in [7, 11) is 0. The van der Waals surface area contributed by atoms with Crippen molar-refractivity contribution >= 4 is 45.6 Å². The lowest BCUT2D eigenvalue weighted by atomic mass is 10.2. The van der Waals surface area contributed by atoms with E-state index in [1.54, 1.807) is 25.3 Å². The van der Waals surface area contributed by atoms with Gasteiger partial charge in [0.25, 0.3) is 0 Å². The van der Waals surface area contributed by atoms with Crippen LogP contribution >= 0.6 is 11.3 Å². The van der Waals surface area contributed by atoms with E-state index in [0.717, 1.165) is 16.1 Å². The Morgan fingerprint density at radius 3 is 2.47 bits per heavy atom. The van der Waals surface area contributed by atoms with Crippen LogP contribution in [0.4, 0.5) is 32.8 Å². The summed E-state index contributed by atoms with van der Waals surface area (Å²) in [5.41, 5.74) is 2.44. The molecule has 0 fully saturated rings. The maximum absolute atomic E-state index is 13.3. The second kappa shape index (κ2) is 9.48. The lowest BCUT2D eigenvalue weighted by Gasteiger charge is -2.08. The minimum Gasteiger partial charge on any atom is -0.326 e. The minimum atomic E-state index is -0.407. The van der Waals surface area contributed by atoms with E-state index in [2.05, 4.69) is 35.9 Å². The summed E-state index contributed by atoms with van der Waals surface area (Å²) < 4.78 is 13.3. The van der Waals surface area contributed by atoms with Crippen LogP contribution in [0.25, 0.3) is 0 Å². The molecule has 0 aliphatic rings. The highest BCUT2D eigenvalue weighted by atomic mass is 32.1. The maximum atomic E-state index is 13.3. The highest BCUT2D eigenvalue weighted by Gasteiger charge is 2.11. The Morgan fingerprint density at radius 2 is 1.72 bits per heavy atom. The molecule has 2 aromatic carbocycles. The van der Waals surface area contributed by atoms with E-state index in [4.69, 9.17) is 0 Å². The van der Waals surface area contributed by atoms with Gasteiger partial charge in [-0.1, -0.05) is 23.8 Å². The van der Waals surface area contributed by atoms with Crippen LogP contribution in [0.15, 0.2) is 54.7 Å². The van der Waals surface area contributed by atoms with E-state index < -0.39 is 5.82 Å². The summed E-state index contributed by atoms with van der Waals surface area (Å²) in [6.07, 6.45) is 1.73. The first kappa shape index (κ1) is 21.3. The third kappa shape index (κ3) is 5.82. The fourth-order valence-electron chi connectivity index (χ4n) is 2.83. The number of carbonyl (C=O) groups excluding carboxylic acids is 1. The third-order valence-electron chi connectivity index (χ3n) is 4.27. The van der Waals surface area contributed by atoms with Gasteiger partial charge in [0.2, 0.25) is 17.8 Å². The predicted molar refractivity (Wildman–Crippen MR) is 123 cm³/mol. The number of hydrogen-bond acceptors (Lipinski definition) is 8. The molecule has 4 rings (SSSR count). The molecule has 0 unspecified atom stereocenters. The van der Waals surface area contributed by atoms with E-state index in [9.17, 15) is 9.18 Å². The van der Waals surface area contributed by atoms with Crippen molar-refractivity contribution in [2.45, 2.75) is 20.3 Å². The lowest BCUT2D eigenvalue weighted by Crippen LogP contribution is -2.13. The Labute approximate surface area is 188 Å². The average Bonchev–Trinajstić information content (AvgIpc) is 3.15. The molecule has 0 aliphatic carbocycles. The van der Waals surface area contributed by atoms with Crippen LogP contribution in [-0.2, 0) is 11.2 Å². The Hall–Kier alpha value is -3.92. The van der Waals surface area contributed by atoms with Crippen molar-refractivity contribution in [2.24, 2.45) is 0 Å². The summed E-state index contributed by atoms with van der Waals surface area (Å²) >= 11 is 1.31. The SMILES string of the molecule is Cc1ccc(Nc2nc(C)nc(Nc3ncc(CC(=O)Nc4cccc(F)c4)s3)n2)cc1. The quantitative estimate of drug-likeness (QED) is 0.374. The number of rotatable bonds is 7. The van der Waals surface area contributed by atoms with E-state index in [-0.39, 0.29) is 12.3 Å². The van der Waals surface area contributed by atoms with Gasteiger partial charge in [-0.2, -0.15) is 15.0 Å². The fraction of sp³-hybridized carbons (Fsp3) is 0.136. The van der Waals surface area contributed by atoms with E-state index >= 15 is 0 Å². The molecule has 0 radical (unpaired) electrons.